The zero-order valence-corrected chi connectivity index (χ0v) is 13.5. The van der Waals surface area contributed by atoms with E-state index in [9.17, 15) is 14.0 Å². The number of anilines is 1. The predicted molar refractivity (Wildman–Crippen MR) is 80.9 cm³/mol. The Labute approximate surface area is 134 Å². The SMILES string of the molecule is Cc1cc(NC(=O)CN(C)C(=O)c2cc(F)ccc2Br)no1. The third-order valence-corrected chi connectivity index (χ3v) is 3.47. The molecule has 0 aliphatic heterocycles. The van der Waals surface area contributed by atoms with Crippen molar-refractivity contribution in [3.05, 3.63) is 45.9 Å². The molecule has 0 saturated carbocycles. The minimum absolute atomic E-state index is 0.146. The van der Waals surface area contributed by atoms with Gasteiger partial charge in [0.25, 0.3) is 5.91 Å². The van der Waals surface area contributed by atoms with E-state index in [0.717, 1.165) is 6.07 Å². The van der Waals surface area contributed by atoms with Gasteiger partial charge < -0.3 is 14.7 Å². The molecule has 2 amide bonds. The van der Waals surface area contributed by atoms with Crippen LogP contribution >= 0.6 is 15.9 Å². The zero-order valence-electron chi connectivity index (χ0n) is 11.9. The van der Waals surface area contributed by atoms with Crippen LogP contribution in [0.25, 0.3) is 0 Å². The van der Waals surface area contributed by atoms with Gasteiger partial charge >= 0.3 is 0 Å². The molecule has 1 N–H and O–H groups in total. The minimum Gasteiger partial charge on any atom is -0.360 e. The number of carbonyl (C=O) groups excluding carboxylic acids is 2. The second kappa shape index (κ2) is 6.69. The van der Waals surface area contributed by atoms with Crippen LogP contribution in [0.2, 0.25) is 0 Å². The van der Waals surface area contributed by atoms with Gasteiger partial charge in [-0.2, -0.15) is 0 Å². The first-order valence-electron chi connectivity index (χ1n) is 6.30. The maximum Gasteiger partial charge on any atom is 0.255 e. The fourth-order valence-corrected chi connectivity index (χ4v) is 2.18. The Kier molecular flexibility index (Phi) is 4.92. The number of aryl methyl sites for hydroxylation is 1. The van der Waals surface area contributed by atoms with E-state index in [1.54, 1.807) is 13.0 Å². The first kappa shape index (κ1) is 16.2. The third-order valence-electron chi connectivity index (χ3n) is 2.78. The van der Waals surface area contributed by atoms with Crippen molar-refractivity contribution < 1.29 is 18.5 Å². The second-order valence-electron chi connectivity index (χ2n) is 4.66. The van der Waals surface area contributed by atoms with Gasteiger partial charge in [-0.05, 0) is 41.1 Å². The number of carbonyl (C=O) groups is 2. The molecule has 0 atom stereocenters. The van der Waals surface area contributed by atoms with Crippen molar-refractivity contribution in [1.29, 1.82) is 0 Å². The van der Waals surface area contributed by atoms with E-state index in [1.165, 1.54) is 24.1 Å². The number of hydrogen-bond donors (Lipinski definition) is 1. The van der Waals surface area contributed by atoms with E-state index < -0.39 is 17.6 Å². The summed E-state index contributed by atoms with van der Waals surface area (Å²) in [6.45, 7) is 1.49. The van der Waals surface area contributed by atoms with Crippen molar-refractivity contribution >= 4 is 33.6 Å². The topological polar surface area (TPSA) is 75.4 Å². The molecule has 0 aliphatic carbocycles. The molecule has 0 aliphatic rings. The van der Waals surface area contributed by atoms with Gasteiger partial charge in [-0.25, -0.2) is 4.39 Å². The molecule has 0 unspecified atom stereocenters. The van der Waals surface area contributed by atoms with Crippen LogP contribution in [0.4, 0.5) is 10.2 Å². The number of aromatic nitrogens is 1. The van der Waals surface area contributed by atoms with Crippen LogP contribution < -0.4 is 5.32 Å². The fourth-order valence-electron chi connectivity index (χ4n) is 1.76. The summed E-state index contributed by atoms with van der Waals surface area (Å²) in [6.07, 6.45) is 0. The maximum absolute atomic E-state index is 13.2. The first-order chi connectivity index (χ1) is 10.4. The van der Waals surface area contributed by atoms with E-state index in [0.29, 0.717) is 10.2 Å². The molecule has 1 aromatic heterocycles. The van der Waals surface area contributed by atoms with Crippen LogP contribution in [0.5, 0.6) is 0 Å². The van der Waals surface area contributed by atoms with Crippen molar-refractivity contribution in [3.63, 3.8) is 0 Å². The van der Waals surface area contributed by atoms with Crippen LogP contribution in [-0.4, -0.2) is 35.5 Å². The Morgan fingerprint density at radius 1 is 1.41 bits per heavy atom. The molecule has 0 radical (unpaired) electrons. The predicted octanol–water partition coefficient (Wildman–Crippen LogP) is 2.60. The van der Waals surface area contributed by atoms with Gasteiger partial charge in [-0.3, -0.25) is 9.59 Å². The normalized spacial score (nSPS) is 10.4. The summed E-state index contributed by atoms with van der Waals surface area (Å²) in [4.78, 5) is 25.3. The summed E-state index contributed by atoms with van der Waals surface area (Å²) in [5, 5.41) is 6.13. The number of benzene rings is 1. The maximum atomic E-state index is 13.2. The van der Waals surface area contributed by atoms with Gasteiger partial charge in [0.15, 0.2) is 5.82 Å². The molecular weight excluding hydrogens is 357 g/mol. The van der Waals surface area contributed by atoms with Gasteiger partial charge in [-0.1, -0.05) is 5.16 Å². The quantitative estimate of drug-likeness (QED) is 0.898. The lowest BCUT2D eigenvalue weighted by molar-refractivity contribution is -0.116. The number of likely N-dealkylation sites (N-methyl/N-ethyl adjacent to an activating group) is 1. The van der Waals surface area contributed by atoms with Gasteiger partial charge in [-0.15, -0.1) is 0 Å². The first-order valence-corrected chi connectivity index (χ1v) is 7.10. The number of nitrogens with zero attached hydrogens (tertiary/aromatic N) is 2. The summed E-state index contributed by atoms with van der Waals surface area (Å²) in [6, 6.07) is 5.35. The van der Waals surface area contributed by atoms with Crippen molar-refractivity contribution in [2.75, 3.05) is 18.9 Å². The Morgan fingerprint density at radius 3 is 2.77 bits per heavy atom. The molecule has 0 spiro atoms. The fraction of sp³-hybridized carbons (Fsp3) is 0.214. The number of halogens is 2. The Bertz CT molecular complexity index is 717. The monoisotopic (exact) mass is 369 g/mol. The average molecular weight is 370 g/mol. The van der Waals surface area contributed by atoms with Crippen LogP contribution in [0, 0.1) is 12.7 Å². The Morgan fingerprint density at radius 2 is 2.14 bits per heavy atom. The van der Waals surface area contributed by atoms with Gasteiger partial charge in [0.1, 0.15) is 11.6 Å². The van der Waals surface area contributed by atoms with Crippen LogP contribution in [0.15, 0.2) is 33.3 Å². The molecule has 8 heteroatoms. The summed E-state index contributed by atoms with van der Waals surface area (Å²) in [5.41, 5.74) is 0.146. The lowest BCUT2D eigenvalue weighted by Gasteiger charge is -2.17. The molecular formula is C14H13BrFN3O3. The lowest BCUT2D eigenvalue weighted by Crippen LogP contribution is -2.35. The van der Waals surface area contributed by atoms with Gasteiger partial charge in [0.2, 0.25) is 5.91 Å². The lowest BCUT2D eigenvalue weighted by atomic mass is 10.2. The van der Waals surface area contributed by atoms with Crippen LogP contribution in [0.3, 0.4) is 0 Å². The molecule has 1 heterocycles. The highest BCUT2D eigenvalue weighted by molar-refractivity contribution is 9.10. The number of nitrogens with one attached hydrogen (secondary N) is 1. The molecule has 2 aromatic rings. The molecule has 2 rings (SSSR count). The molecule has 0 fully saturated rings. The summed E-state index contributed by atoms with van der Waals surface area (Å²) in [5.74, 6) is -0.601. The Balaban J connectivity index is 2.01. The molecule has 116 valence electrons. The van der Waals surface area contributed by atoms with E-state index in [2.05, 4.69) is 26.4 Å². The van der Waals surface area contributed by atoms with E-state index >= 15 is 0 Å². The molecule has 1 aromatic carbocycles. The summed E-state index contributed by atoms with van der Waals surface area (Å²) < 4.78 is 18.5. The van der Waals surface area contributed by atoms with Crippen molar-refractivity contribution in [2.24, 2.45) is 0 Å². The van der Waals surface area contributed by atoms with Crippen molar-refractivity contribution in [1.82, 2.24) is 10.1 Å². The number of hydrogen-bond acceptors (Lipinski definition) is 4. The standard InChI is InChI=1S/C14H13BrFN3O3/c1-8-5-12(18-22-8)17-13(20)7-19(2)14(21)10-6-9(16)3-4-11(10)15/h3-6H,7H2,1-2H3,(H,17,18,20). The van der Waals surface area contributed by atoms with Crippen molar-refractivity contribution in [3.8, 4) is 0 Å². The van der Waals surface area contributed by atoms with E-state index in [1.807, 2.05) is 0 Å². The number of amides is 2. The second-order valence-corrected chi connectivity index (χ2v) is 5.51. The van der Waals surface area contributed by atoms with E-state index in [-0.39, 0.29) is 17.9 Å². The Hall–Kier alpha value is -2.22. The van der Waals surface area contributed by atoms with E-state index in [4.69, 9.17) is 4.52 Å². The molecule has 0 bridgehead atoms. The molecule has 0 saturated heterocycles. The zero-order chi connectivity index (χ0) is 16.3. The minimum atomic E-state index is -0.525. The summed E-state index contributed by atoms with van der Waals surface area (Å²) in [7, 11) is 1.45. The largest absolute Gasteiger partial charge is 0.360 e. The third kappa shape index (κ3) is 3.91. The average Bonchev–Trinajstić information content (AvgIpc) is 2.85. The highest BCUT2D eigenvalue weighted by atomic mass is 79.9. The van der Waals surface area contributed by atoms with Gasteiger partial charge in [0.05, 0.1) is 12.1 Å². The van der Waals surface area contributed by atoms with Crippen molar-refractivity contribution in [2.45, 2.75) is 6.92 Å². The smallest absolute Gasteiger partial charge is 0.255 e. The summed E-state index contributed by atoms with van der Waals surface area (Å²) >= 11 is 3.18. The van der Waals surface area contributed by atoms with Crippen LogP contribution in [-0.2, 0) is 4.79 Å². The van der Waals surface area contributed by atoms with Gasteiger partial charge in [0, 0.05) is 17.6 Å². The number of rotatable bonds is 4. The highest BCUT2D eigenvalue weighted by Gasteiger charge is 2.18. The molecule has 22 heavy (non-hydrogen) atoms. The molecule has 6 nitrogen and oxygen atoms in total. The van der Waals surface area contributed by atoms with Crippen LogP contribution in [0.1, 0.15) is 16.1 Å². The highest BCUT2D eigenvalue weighted by Crippen LogP contribution is 2.19.